The van der Waals surface area contributed by atoms with Crippen LogP contribution >= 0.6 is 0 Å². The number of nitrogens with one attached hydrogen (secondary N) is 1. The predicted octanol–water partition coefficient (Wildman–Crippen LogP) is 2.58. The molecule has 17 heavy (non-hydrogen) atoms. The van der Waals surface area contributed by atoms with Crippen molar-refractivity contribution in [3.8, 4) is 0 Å². The van der Waals surface area contributed by atoms with Gasteiger partial charge in [-0.3, -0.25) is 0 Å². The SMILES string of the molecule is CCN1c2ccc(F)cc2CC1CCCNC. The minimum absolute atomic E-state index is 0.115. The summed E-state index contributed by atoms with van der Waals surface area (Å²) < 4.78 is 13.2. The Hall–Kier alpha value is -1.09. The fourth-order valence-electron chi connectivity index (χ4n) is 2.76. The first kappa shape index (κ1) is 12.4. The van der Waals surface area contributed by atoms with Crippen molar-refractivity contribution in [2.24, 2.45) is 0 Å². The largest absolute Gasteiger partial charge is 0.368 e. The number of hydrogen-bond donors (Lipinski definition) is 1. The molecule has 0 saturated heterocycles. The molecule has 1 N–H and O–H groups in total. The molecule has 0 saturated carbocycles. The first-order valence-electron chi connectivity index (χ1n) is 6.46. The second kappa shape index (κ2) is 5.50. The Morgan fingerprint density at radius 2 is 2.29 bits per heavy atom. The normalized spacial score (nSPS) is 18.5. The number of anilines is 1. The number of likely N-dealkylation sites (N-methyl/N-ethyl adjacent to an activating group) is 1. The molecule has 1 unspecified atom stereocenters. The second-order valence-electron chi connectivity index (χ2n) is 4.66. The molecule has 1 aromatic carbocycles. The highest BCUT2D eigenvalue weighted by Crippen LogP contribution is 2.34. The lowest BCUT2D eigenvalue weighted by molar-refractivity contribution is 0.548. The van der Waals surface area contributed by atoms with Crippen molar-refractivity contribution < 1.29 is 4.39 Å². The first-order chi connectivity index (χ1) is 8.26. The van der Waals surface area contributed by atoms with Crippen LogP contribution in [0.1, 0.15) is 25.3 Å². The molecular weight excluding hydrogens is 215 g/mol. The summed E-state index contributed by atoms with van der Waals surface area (Å²) in [5, 5.41) is 3.18. The zero-order valence-corrected chi connectivity index (χ0v) is 10.7. The topological polar surface area (TPSA) is 15.3 Å². The van der Waals surface area contributed by atoms with E-state index >= 15 is 0 Å². The second-order valence-corrected chi connectivity index (χ2v) is 4.66. The molecule has 1 heterocycles. The lowest BCUT2D eigenvalue weighted by Gasteiger charge is -2.26. The van der Waals surface area contributed by atoms with E-state index in [1.165, 1.54) is 24.1 Å². The standard InChI is InChI=1S/C14H21FN2/c1-3-17-13(5-4-8-16-2)10-11-9-12(15)6-7-14(11)17/h6-7,9,13,16H,3-5,8,10H2,1-2H3. The van der Waals surface area contributed by atoms with Gasteiger partial charge in [-0.1, -0.05) is 0 Å². The Balaban J connectivity index is 2.08. The molecule has 0 aromatic heterocycles. The molecule has 0 amide bonds. The number of nitrogens with zero attached hydrogens (tertiary/aromatic N) is 1. The van der Waals surface area contributed by atoms with Crippen LogP contribution in [0.15, 0.2) is 18.2 Å². The van der Waals surface area contributed by atoms with Gasteiger partial charge in [0.25, 0.3) is 0 Å². The predicted molar refractivity (Wildman–Crippen MR) is 70.1 cm³/mol. The third kappa shape index (κ3) is 2.60. The zero-order chi connectivity index (χ0) is 12.3. The van der Waals surface area contributed by atoms with Crippen LogP contribution in [-0.4, -0.2) is 26.2 Å². The van der Waals surface area contributed by atoms with E-state index in [-0.39, 0.29) is 5.82 Å². The summed E-state index contributed by atoms with van der Waals surface area (Å²) in [5.41, 5.74) is 2.39. The van der Waals surface area contributed by atoms with E-state index in [4.69, 9.17) is 0 Å². The minimum atomic E-state index is -0.115. The van der Waals surface area contributed by atoms with Gasteiger partial charge in [-0.25, -0.2) is 4.39 Å². The van der Waals surface area contributed by atoms with Crippen LogP contribution < -0.4 is 10.2 Å². The summed E-state index contributed by atoms with van der Waals surface area (Å²) in [6, 6.07) is 5.73. The molecule has 0 spiro atoms. The Morgan fingerprint density at radius 3 is 3.00 bits per heavy atom. The highest BCUT2D eigenvalue weighted by Gasteiger charge is 2.27. The van der Waals surface area contributed by atoms with E-state index in [1.54, 1.807) is 12.1 Å². The van der Waals surface area contributed by atoms with Gasteiger partial charge < -0.3 is 10.2 Å². The average Bonchev–Trinajstić information content (AvgIpc) is 2.66. The van der Waals surface area contributed by atoms with Gasteiger partial charge in [0, 0.05) is 18.3 Å². The number of benzene rings is 1. The summed E-state index contributed by atoms with van der Waals surface area (Å²) in [5.74, 6) is -0.115. The number of halogens is 1. The molecule has 0 bridgehead atoms. The van der Waals surface area contributed by atoms with Crippen molar-refractivity contribution in [2.45, 2.75) is 32.2 Å². The quantitative estimate of drug-likeness (QED) is 0.790. The van der Waals surface area contributed by atoms with Crippen molar-refractivity contribution in [2.75, 3.05) is 25.0 Å². The summed E-state index contributed by atoms with van der Waals surface area (Å²) in [7, 11) is 1.98. The van der Waals surface area contributed by atoms with E-state index in [2.05, 4.69) is 17.1 Å². The van der Waals surface area contributed by atoms with Crippen LogP contribution in [-0.2, 0) is 6.42 Å². The molecule has 0 radical (unpaired) electrons. The Bertz CT molecular complexity index is 378. The molecule has 2 nitrogen and oxygen atoms in total. The third-order valence-electron chi connectivity index (χ3n) is 3.55. The third-order valence-corrected chi connectivity index (χ3v) is 3.55. The van der Waals surface area contributed by atoms with E-state index in [0.29, 0.717) is 6.04 Å². The fraction of sp³-hybridized carbons (Fsp3) is 0.571. The molecule has 0 fully saturated rings. The van der Waals surface area contributed by atoms with Gasteiger partial charge in [0.2, 0.25) is 0 Å². The number of fused-ring (bicyclic) bond motifs is 1. The summed E-state index contributed by atoms with van der Waals surface area (Å²) in [6.07, 6.45) is 3.34. The average molecular weight is 236 g/mol. The molecule has 3 heteroatoms. The number of hydrogen-bond acceptors (Lipinski definition) is 2. The van der Waals surface area contributed by atoms with Crippen molar-refractivity contribution in [3.05, 3.63) is 29.6 Å². The maximum absolute atomic E-state index is 13.2. The van der Waals surface area contributed by atoms with Gasteiger partial charge >= 0.3 is 0 Å². The molecular formula is C14H21FN2. The molecule has 0 aliphatic carbocycles. The Morgan fingerprint density at radius 1 is 1.47 bits per heavy atom. The van der Waals surface area contributed by atoms with Crippen molar-refractivity contribution in [1.82, 2.24) is 5.32 Å². The maximum atomic E-state index is 13.2. The van der Waals surface area contributed by atoms with Crippen LogP contribution in [0.4, 0.5) is 10.1 Å². The Kier molecular flexibility index (Phi) is 4.00. The van der Waals surface area contributed by atoms with Crippen molar-refractivity contribution in [3.63, 3.8) is 0 Å². The number of rotatable bonds is 5. The van der Waals surface area contributed by atoms with Gasteiger partial charge in [-0.05, 0) is 63.5 Å². The lowest BCUT2D eigenvalue weighted by atomic mass is 10.1. The van der Waals surface area contributed by atoms with Gasteiger partial charge in [-0.2, -0.15) is 0 Å². The molecule has 2 rings (SSSR count). The maximum Gasteiger partial charge on any atom is 0.123 e. The van der Waals surface area contributed by atoms with Crippen molar-refractivity contribution in [1.29, 1.82) is 0 Å². The Labute approximate surface area is 103 Å². The molecule has 94 valence electrons. The van der Waals surface area contributed by atoms with Crippen LogP contribution in [0.2, 0.25) is 0 Å². The molecule has 1 atom stereocenters. The van der Waals surface area contributed by atoms with E-state index in [1.807, 2.05) is 13.1 Å². The molecule has 1 aromatic rings. The lowest BCUT2D eigenvalue weighted by Crippen LogP contribution is -2.32. The van der Waals surface area contributed by atoms with Crippen LogP contribution in [0.5, 0.6) is 0 Å². The summed E-state index contributed by atoms with van der Waals surface area (Å²) >= 11 is 0. The van der Waals surface area contributed by atoms with E-state index < -0.39 is 0 Å². The van der Waals surface area contributed by atoms with Crippen LogP contribution in [0.3, 0.4) is 0 Å². The fourth-order valence-corrected chi connectivity index (χ4v) is 2.76. The highest BCUT2D eigenvalue weighted by atomic mass is 19.1. The monoisotopic (exact) mass is 236 g/mol. The van der Waals surface area contributed by atoms with Crippen molar-refractivity contribution >= 4 is 5.69 Å². The van der Waals surface area contributed by atoms with Gasteiger partial charge in [0.15, 0.2) is 0 Å². The van der Waals surface area contributed by atoms with E-state index in [9.17, 15) is 4.39 Å². The van der Waals surface area contributed by atoms with Crippen LogP contribution in [0.25, 0.3) is 0 Å². The van der Waals surface area contributed by atoms with Gasteiger partial charge in [0.05, 0.1) is 0 Å². The minimum Gasteiger partial charge on any atom is -0.368 e. The van der Waals surface area contributed by atoms with E-state index in [0.717, 1.165) is 19.5 Å². The van der Waals surface area contributed by atoms with Gasteiger partial charge in [0.1, 0.15) is 5.82 Å². The van der Waals surface area contributed by atoms with Crippen LogP contribution in [0, 0.1) is 5.82 Å². The summed E-state index contributed by atoms with van der Waals surface area (Å²) in [6.45, 7) is 4.23. The smallest absolute Gasteiger partial charge is 0.123 e. The highest BCUT2D eigenvalue weighted by molar-refractivity contribution is 5.59. The molecule has 1 aliphatic rings. The molecule has 1 aliphatic heterocycles. The van der Waals surface area contributed by atoms with Gasteiger partial charge in [-0.15, -0.1) is 0 Å². The summed E-state index contributed by atoms with van der Waals surface area (Å²) in [4.78, 5) is 2.41. The zero-order valence-electron chi connectivity index (χ0n) is 10.7. The first-order valence-corrected chi connectivity index (χ1v) is 6.46.